The van der Waals surface area contributed by atoms with Gasteiger partial charge in [-0.2, -0.15) is 0 Å². The molecule has 0 bridgehead atoms. The normalized spacial score (nSPS) is 21.5. The Morgan fingerprint density at radius 2 is 1.74 bits per heavy atom. The number of carbonyl (C=O) groups is 1. The third-order valence-corrected chi connectivity index (χ3v) is 3.94. The van der Waals surface area contributed by atoms with Crippen LogP contribution in [-0.4, -0.2) is 22.1 Å². The number of fused-ring (bicyclic) bond motifs is 1. The summed E-state index contributed by atoms with van der Waals surface area (Å²) in [4.78, 5) is 12.0. The fourth-order valence-corrected chi connectivity index (χ4v) is 2.92. The van der Waals surface area contributed by atoms with E-state index in [0.717, 1.165) is 15.6 Å². The van der Waals surface area contributed by atoms with Crippen LogP contribution in [0.4, 0.5) is 0 Å². The van der Waals surface area contributed by atoms with Crippen molar-refractivity contribution in [1.29, 1.82) is 0 Å². The number of carbonyl (C=O) groups excluding carboxylic acids is 1. The molecule has 0 aliphatic heterocycles. The van der Waals surface area contributed by atoms with Crippen LogP contribution < -0.4 is 0 Å². The molecule has 1 aliphatic carbocycles. The zero-order valence-electron chi connectivity index (χ0n) is 9.88. The van der Waals surface area contributed by atoms with Crippen LogP contribution in [0.2, 0.25) is 0 Å². The molecule has 0 amide bonds. The van der Waals surface area contributed by atoms with E-state index in [9.17, 15) is 15.0 Å². The summed E-state index contributed by atoms with van der Waals surface area (Å²) >= 11 is 3.38. The third kappa shape index (κ3) is 1.97. The van der Waals surface area contributed by atoms with Gasteiger partial charge < -0.3 is 10.2 Å². The maximum atomic E-state index is 12.0. The van der Waals surface area contributed by atoms with Gasteiger partial charge in [-0.05, 0) is 41.5 Å². The molecule has 19 heavy (non-hydrogen) atoms. The fourth-order valence-electron chi connectivity index (χ4n) is 2.54. The summed E-state index contributed by atoms with van der Waals surface area (Å²) in [6, 6.07) is 12.0. The van der Waals surface area contributed by atoms with Gasteiger partial charge >= 0.3 is 0 Å². The number of benzene rings is 2. The van der Waals surface area contributed by atoms with Crippen LogP contribution in [-0.2, 0) is 0 Å². The van der Waals surface area contributed by atoms with Crippen molar-refractivity contribution in [3.8, 4) is 5.75 Å². The van der Waals surface area contributed by atoms with E-state index in [1.807, 2.05) is 6.07 Å². The van der Waals surface area contributed by atoms with Gasteiger partial charge in [0.05, 0.1) is 0 Å². The largest absolute Gasteiger partial charge is 0.508 e. The van der Waals surface area contributed by atoms with Gasteiger partial charge in [0.1, 0.15) is 11.9 Å². The molecule has 2 aromatic rings. The lowest BCUT2D eigenvalue weighted by molar-refractivity contribution is 0.0754. The molecule has 96 valence electrons. The minimum atomic E-state index is -1.06. The van der Waals surface area contributed by atoms with Crippen molar-refractivity contribution in [2.45, 2.75) is 12.0 Å². The number of aliphatic hydroxyl groups is 1. The molecular formula is C15H11BrO3. The van der Waals surface area contributed by atoms with Gasteiger partial charge in [-0.15, -0.1) is 0 Å². The van der Waals surface area contributed by atoms with E-state index in [0.29, 0.717) is 5.56 Å². The van der Waals surface area contributed by atoms with E-state index >= 15 is 0 Å². The van der Waals surface area contributed by atoms with E-state index in [-0.39, 0.29) is 17.5 Å². The molecule has 1 aliphatic rings. The van der Waals surface area contributed by atoms with Crippen LogP contribution in [0.5, 0.6) is 5.75 Å². The van der Waals surface area contributed by atoms with E-state index in [1.165, 1.54) is 0 Å². The van der Waals surface area contributed by atoms with Crippen LogP contribution in [0.3, 0.4) is 0 Å². The third-order valence-electron chi connectivity index (χ3n) is 3.45. The second-order valence-electron chi connectivity index (χ2n) is 4.61. The van der Waals surface area contributed by atoms with Crippen molar-refractivity contribution in [2.75, 3.05) is 0 Å². The highest BCUT2D eigenvalue weighted by Gasteiger charge is 2.39. The van der Waals surface area contributed by atoms with Crippen molar-refractivity contribution in [2.24, 2.45) is 0 Å². The predicted molar refractivity (Wildman–Crippen MR) is 74.4 cm³/mol. The summed E-state index contributed by atoms with van der Waals surface area (Å²) in [6.45, 7) is 0. The van der Waals surface area contributed by atoms with Crippen LogP contribution in [0.25, 0.3) is 0 Å². The molecule has 0 fully saturated rings. The Kier molecular flexibility index (Phi) is 2.92. The molecule has 3 rings (SSSR count). The molecular weight excluding hydrogens is 308 g/mol. The molecule has 2 N–H and O–H groups in total. The van der Waals surface area contributed by atoms with Gasteiger partial charge in [-0.1, -0.05) is 28.1 Å². The molecule has 0 aromatic heterocycles. The van der Waals surface area contributed by atoms with Crippen LogP contribution in [0.1, 0.15) is 27.4 Å². The Labute approximate surface area is 118 Å². The Bertz CT molecular complexity index is 649. The minimum absolute atomic E-state index is 0.164. The zero-order valence-corrected chi connectivity index (χ0v) is 11.5. The van der Waals surface area contributed by atoms with Crippen molar-refractivity contribution < 1.29 is 15.0 Å². The number of phenols is 1. The first-order valence-corrected chi connectivity index (χ1v) is 6.68. The van der Waals surface area contributed by atoms with Crippen molar-refractivity contribution >= 4 is 21.7 Å². The van der Waals surface area contributed by atoms with Crippen LogP contribution >= 0.6 is 15.9 Å². The molecule has 3 nitrogen and oxygen atoms in total. The average molecular weight is 319 g/mol. The summed E-state index contributed by atoms with van der Waals surface area (Å²) in [7, 11) is 0. The fraction of sp³-hybridized carbons (Fsp3) is 0.133. The summed E-state index contributed by atoms with van der Waals surface area (Å²) in [5.74, 6) is -0.460. The number of hydrogen-bond donors (Lipinski definition) is 2. The number of halogens is 1. The van der Waals surface area contributed by atoms with Crippen LogP contribution in [0.15, 0.2) is 46.9 Å². The number of rotatable bonds is 1. The monoisotopic (exact) mass is 318 g/mol. The second kappa shape index (κ2) is 4.47. The highest BCUT2D eigenvalue weighted by molar-refractivity contribution is 9.10. The lowest BCUT2D eigenvalue weighted by Crippen LogP contribution is -2.20. The topological polar surface area (TPSA) is 57.5 Å². The lowest BCUT2D eigenvalue weighted by atomic mass is 9.91. The van der Waals surface area contributed by atoms with Crippen molar-refractivity contribution in [1.82, 2.24) is 0 Å². The SMILES string of the molecule is O=C1c2ccc(Br)cc2[C@H](c2ccc(O)cc2)[C@H]1O. The van der Waals surface area contributed by atoms with E-state index in [1.54, 1.807) is 36.4 Å². The lowest BCUT2D eigenvalue weighted by Gasteiger charge is -2.15. The summed E-state index contributed by atoms with van der Waals surface area (Å²) in [6.07, 6.45) is -1.06. The first-order valence-electron chi connectivity index (χ1n) is 5.88. The molecule has 0 unspecified atom stereocenters. The molecule has 2 aromatic carbocycles. The number of aromatic hydroxyl groups is 1. The highest BCUT2D eigenvalue weighted by atomic mass is 79.9. The maximum Gasteiger partial charge on any atom is 0.192 e. The minimum Gasteiger partial charge on any atom is -0.508 e. The zero-order chi connectivity index (χ0) is 13.6. The molecule has 0 heterocycles. The molecule has 0 saturated heterocycles. The summed E-state index contributed by atoms with van der Waals surface area (Å²) in [5.41, 5.74) is 2.20. The van der Waals surface area contributed by atoms with Gasteiger partial charge in [-0.25, -0.2) is 0 Å². The number of phenolic OH excluding ortho intramolecular Hbond substituents is 1. The molecule has 2 atom stereocenters. The number of aliphatic hydroxyl groups excluding tert-OH is 1. The quantitative estimate of drug-likeness (QED) is 0.850. The van der Waals surface area contributed by atoms with Gasteiger partial charge in [0, 0.05) is 16.0 Å². The Balaban J connectivity index is 2.15. The van der Waals surface area contributed by atoms with Gasteiger partial charge in [-0.3, -0.25) is 4.79 Å². The first-order chi connectivity index (χ1) is 9.08. The molecule has 0 radical (unpaired) electrons. The first kappa shape index (κ1) is 12.4. The number of ketones is 1. The average Bonchev–Trinajstić information content (AvgIpc) is 2.63. The van der Waals surface area contributed by atoms with Gasteiger partial charge in [0.15, 0.2) is 5.78 Å². The Morgan fingerprint density at radius 1 is 1.05 bits per heavy atom. The van der Waals surface area contributed by atoms with Gasteiger partial charge in [0.25, 0.3) is 0 Å². The van der Waals surface area contributed by atoms with E-state index in [4.69, 9.17) is 0 Å². The number of Topliss-reactive ketones (excluding diaryl/α,β-unsaturated/α-hetero) is 1. The van der Waals surface area contributed by atoms with Crippen LogP contribution in [0, 0.1) is 0 Å². The standard InChI is InChI=1S/C15H11BrO3/c16-9-3-6-11-12(7-9)13(15(19)14(11)18)8-1-4-10(17)5-2-8/h1-7,13,15,17,19H/t13-,15+/m0/s1. The van der Waals surface area contributed by atoms with E-state index < -0.39 is 6.10 Å². The summed E-state index contributed by atoms with van der Waals surface area (Å²) < 4.78 is 0.872. The van der Waals surface area contributed by atoms with Crippen molar-refractivity contribution in [3.05, 3.63) is 63.6 Å². The van der Waals surface area contributed by atoms with Gasteiger partial charge in [0.2, 0.25) is 0 Å². The smallest absolute Gasteiger partial charge is 0.192 e. The summed E-state index contributed by atoms with van der Waals surface area (Å²) in [5, 5.41) is 19.5. The Hall–Kier alpha value is -1.65. The number of hydrogen-bond acceptors (Lipinski definition) is 3. The molecule has 4 heteroatoms. The molecule has 0 saturated carbocycles. The maximum absolute atomic E-state index is 12.0. The molecule has 0 spiro atoms. The predicted octanol–water partition coefficient (Wildman–Crippen LogP) is 2.84. The van der Waals surface area contributed by atoms with E-state index in [2.05, 4.69) is 15.9 Å². The van der Waals surface area contributed by atoms with Crippen molar-refractivity contribution in [3.63, 3.8) is 0 Å². The second-order valence-corrected chi connectivity index (χ2v) is 5.53. The Morgan fingerprint density at radius 3 is 2.42 bits per heavy atom. The highest BCUT2D eigenvalue weighted by Crippen LogP contribution is 2.39.